The zero-order chi connectivity index (χ0) is 14.2. The van der Waals surface area contributed by atoms with Gasteiger partial charge in [-0.3, -0.25) is 0 Å². The molecule has 0 unspecified atom stereocenters. The molecule has 0 spiro atoms. The number of hydrogen-bond donors (Lipinski definition) is 2. The summed E-state index contributed by atoms with van der Waals surface area (Å²) in [6, 6.07) is 0. The van der Waals surface area contributed by atoms with E-state index in [-0.39, 0.29) is 0 Å². The van der Waals surface area contributed by atoms with Crippen LogP contribution in [0.5, 0.6) is 0 Å². The minimum Gasteiger partial charge on any atom is -0.369 e. The molecular weight excluding hydrogens is 316 g/mol. The molecule has 1 heterocycles. The highest BCUT2D eigenvalue weighted by Gasteiger charge is 2.14. The van der Waals surface area contributed by atoms with Crippen molar-refractivity contribution in [1.29, 1.82) is 0 Å². The lowest BCUT2D eigenvalue weighted by atomic mass is 10.0. The molecule has 2 N–H and O–H groups in total. The molecule has 0 amide bonds. The maximum Gasteiger partial charge on any atom is 0.145 e. The van der Waals surface area contributed by atoms with Gasteiger partial charge in [-0.15, -0.1) is 0 Å². The number of nitrogens with zero attached hydrogens (tertiary/aromatic N) is 2. The van der Waals surface area contributed by atoms with Gasteiger partial charge in [0, 0.05) is 13.1 Å². The molecule has 0 radical (unpaired) electrons. The first-order valence-corrected chi connectivity index (χ1v) is 8.58. The van der Waals surface area contributed by atoms with E-state index in [1.165, 1.54) is 38.5 Å². The Bertz CT molecular complexity index is 405. The highest BCUT2D eigenvalue weighted by Crippen LogP contribution is 2.29. The molecule has 1 aromatic heterocycles. The minimum absolute atomic E-state index is 0.875. The Balaban J connectivity index is 1.76. The van der Waals surface area contributed by atoms with E-state index in [1.54, 1.807) is 6.33 Å². The number of halogens is 1. The fourth-order valence-corrected chi connectivity index (χ4v) is 3.24. The lowest BCUT2D eigenvalue weighted by Gasteiger charge is -2.12. The number of hydrogen-bond acceptors (Lipinski definition) is 4. The normalized spacial score (nSPS) is 15.5. The SMILES string of the molecule is CCCNc1ncnc(NCCCC2CCCC2)c1Br. The zero-order valence-electron chi connectivity index (χ0n) is 12.3. The maximum absolute atomic E-state index is 4.31. The monoisotopic (exact) mass is 340 g/mol. The fourth-order valence-electron chi connectivity index (χ4n) is 2.76. The molecule has 1 fully saturated rings. The highest BCUT2D eigenvalue weighted by atomic mass is 79.9. The van der Waals surface area contributed by atoms with Gasteiger partial charge in [0.15, 0.2) is 0 Å². The lowest BCUT2D eigenvalue weighted by molar-refractivity contribution is 0.491. The van der Waals surface area contributed by atoms with Crippen LogP contribution in [0, 0.1) is 5.92 Å². The van der Waals surface area contributed by atoms with Crippen LogP contribution in [-0.4, -0.2) is 23.1 Å². The van der Waals surface area contributed by atoms with Gasteiger partial charge in [0.2, 0.25) is 0 Å². The van der Waals surface area contributed by atoms with E-state index in [4.69, 9.17) is 0 Å². The Hall–Kier alpha value is -0.840. The van der Waals surface area contributed by atoms with E-state index < -0.39 is 0 Å². The Morgan fingerprint density at radius 3 is 2.45 bits per heavy atom. The summed E-state index contributed by atoms with van der Waals surface area (Å²) >= 11 is 3.58. The van der Waals surface area contributed by atoms with Crippen molar-refractivity contribution in [3.05, 3.63) is 10.8 Å². The number of rotatable bonds is 8. The van der Waals surface area contributed by atoms with Gasteiger partial charge >= 0.3 is 0 Å². The summed E-state index contributed by atoms with van der Waals surface area (Å²) in [6.45, 7) is 4.06. The van der Waals surface area contributed by atoms with E-state index in [0.29, 0.717) is 0 Å². The molecule has 1 saturated carbocycles. The van der Waals surface area contributed by atoms with Crippen LogP contribution < -0.4 is 10.6 Å². The topological polar surface area (TPSA) is 49.8 Å². The molecule has 5 heteroatoms. The lowest BCUT2D eigenvalue weighted by Crippen LogP contribution is -2.09. The van der Waals surface area contributed by atoms with E-state index in [9.17, 15) is 0 Å². The van der Waals surface area contributed by atoms with Crippen LogP contribution in [0.4, 0.5) is 11.6 Å². The smallest absolute Gasteiger partial charge is 0.145 e. The van der Waals surface area contributed by atoms with Gasteiger partial charge < -0.3 is 10.6 Å². The summed E-state index contributed by atoms with van der Waals surface area (Å²) in [5.41, 5.74) is 0. The number of anilines is 2. The molecule has 1 aliphatic rings. The summed E-state index contributed by atoms with van der Waals surface area (Å²) in [5.74, 6) is 2.73. The Morgan fingerprint density at radius 2 is 1.80 bits per heavy atom. The van der Waals surface area contributed by atoms with Crippen molar-refractivity contribution in [3.63, 3.8) is 0 Å². The third-order valence-electron chi connectivity index (χ3n) is 3.89. The van der Waals surface area contributed by atoms with Crippen molar-refractivity contribution in [2.45, 2.75) is 51.9 Å². The first-order valence-electron chi connectivity index (χ1n) is 7.79. The molecule has 112 valence electrons. The molecule has 4 nitrogen and oxygen atoms in total. The van der Waals surface area contributed by atoms with Gasteiger partial charge in [-0.25, -0.2) is 9.97 Å². The molecule has 2 rings (SSSR count). The second-order valence-corrected chi connectivity index (χ2v) is 6.32. The summed E-state index contributed by atoms with van der Waals surface area (Å²) in [6.07, 6.45) is 11.0. The van der Waals surface area contributed by atoms with Gasteiger partial charge in [-0.05, 0) is 41.1 Å². The van der Waals surface area contributed by atoms with Crippen molar-refractivity contribution < 1.29 is 0 Å². The molecule has 20 heavy (non-hydrogen) atoms. The van der Waals surface area contributed by atoms with Crippen LogP contribution >= 0.6 is 15.9 Å². The Morgan fingerprint density at radius 1 is 1.15 bits per heavy atom. The molecule has 0 saturated heterocycles. The van der Waals surface area contributed by atoms with Gasteiger partial charge in [0.1, 0.15) is 22.4 Å². The van der Waals surface area contributed by atoms with Crippen molar-refractivity contribution >= 4 is 27.6 Å². The number of nitrogens with one attached hydrogen (secondary N) is 2. The average molecular weight is 341 g/mol. The number of aromatic nitrogens is 2. The average Bonchev–Trinajstić information content (AvgIpc) is 2.97. The molecule has 0 atom stereocenters. The second-order valence-electron chi connectivity index (χ2n) is 5.53. The van der Waals surface area contributed by atoms with Crippen molar-refractivity contribution in [3.8, 4) is 0 Å². The van der Waals surface area contributed by atoms with Crippen LogP contribution in [0.1, 0.15) is 51.9 Å². The van der Waals surface area contributed by atoms with Crippen LogP contribution in [0.15, 0.2) is 10.8 Å². The summed E-state index contributed by atoms with van der Waals surface area (Å²) in [5, 5.41) is 6.72. The Labute approximate surface area is 130 Å². The van der Waals surface area contributed by atoms with E-state index >= 15 is 0 Å². The third-order valence-corrected chi connectivity index (χ3v) is 4.64. The van der Waals surface area contributed by atoms with Crippen molar-refractivity contribution in [1.82, 2.24) is 9.97 Å². The standard InChI is InChI=1S/C15H25BrN4/c1-2-9-17-14-13(16)15(20-11-19-14)18-10-5-8-12-6-3-4-7-12/h11-12H,2-10H2,1H3,(H2,17,18,19,20). The van der Waals surface area contributed by atoms with Crippen LogP contribution in [0.3, 0.4) is 0 Å². The molecule has 1 aliphatic carbocycles. The van der Waals surface area contributed by atoms with Gasteiger partial charge in [-0.2, -0.15) is 0 Å². The van der Waals surface area contributed by atoms with Crippen molar-refractivity contribution in [2.75, 3.05) is 23.7 Å². The highest BCUT2D eigenvalue weighted by molar-refractivity contribution is 9.10. The summed E-state index contributed by atoms with van der Waals surface area (Å²) in [4.78, 5) is 8.57. The molecule has 0 aromatic carbocycles. The predicted molar refractivity (Wildman–Crippen MR) is 88.2 cm³/mol. The van der Waals surface area contributed by atoms with Crippen LogP contribution in [0.25, 0.3) is 0 Å². The van der Waals surface area contributed by atoms with Gasteiger partial charge in [0.25, 0.3) is 0 Å². The van der Waals surface area contributed by atoms with Crippen LogP contribution in [0.2, 0.25) is 0 Å². The second kappa shape index (κ2) is 8.45. The summed E-state index contributed by atoms with van der Waals surface area (Å²) < 4.78 is 0.939. The molecule has 0 bridgehead atoms. The van der Waals surface area contributed by atoms with Crippen molar-refractivity contribution in [2.24, 2.45) is 5.92 Å². The molecular formula is C15H25BrN4. The first-order chi connectivity index (χ1) is 9.81. The fraction of sp³-hybridized carbons (Fsp3) is 0.733. The minimum atomic E-state index is 0.875. The van der Waals surface area contributed by atoms with E-state index in [2.05, 4.69) is 43.5 Å². The van der Waals surface area contributed by atoms with Gasteiger partial charge in [0.05, 0.1) is 0 Å². The Kier molecular flexibility index (Phi) is 6.57. The first kappa shape index (κ1) is 15.5. The van der Waals surface area contributed by atoms with E-state index in [1.807, 2.05) is 0 Å². The van der Waals surface area contributed by atoms with E-state index in [0.717, 1.165) is 41.5 Å². The van der Waals surface area contributed by atoms with Crippen LogP contribution in [-0.2, 0) is 0 Å². The zero-order valence-corrected chi connectivity index (χ0v) is 13.9. The third kappa shape index (κ3) is 4.62. The van der Waals surface area contributed by atoms with Gasteiger partial charge in [-0.1, -0.05) is 32.6 Å². The predicted octanol–water partition coefficient (Wildman–Crippen LogP) is 4.44. The molecule has 1 aromatic rings. The largest absolute Gasteiger partial charge is 0.369 e. The maximum atomic E-state index is 4.31. The molecule has 0 aliphatic heterocycles. The summed E-state index contributed by atoms with van der Waals surface area (Å²) in [7, 11) is 0. The quantitative estimate of drug-likeness (QED) is 0.686.